The zero-order valence-electron chi connectivity index (χ0n) is 17.7. The first-order valence-corrected chi connectivity index (χ1v) is 9.92. The van der Waals surface area contributed by atoms with Gasteiger partial charge in [0.2, 0.25) is 0 Å². The molecule has 0 aliphatic rings. The van der Waals surface area contributed by atoms with Gasteiger partial charge in [-0.2, -0.15) is 0 Å². The number of quaternary nitrogens is 1. The third kappa shape index (κ3) is 5.83. The molecular formula is C22H26N7O2+. The molecule has 0 fully saturated rings. The summed E-state index contributed by atoms with van der Waals surface area (Å²) < 4.78 is 0. The molecule has 0 aliphatic carbocycles. The van der Waals surface area contributed by atoms with Crippen molar-refractivity contribution in [1.82, 2.24) is 25.6 Å². The van der Waals surface area contributed by atoms with E-state index >= 15 is 0 Å². The van der Waals surface area contributed by atoms with Gasteiger partial charge in [-0.05, 0) is 39.0 Å². The Hall–Kier alpha value is -3.85. The number of aromatic nitrogens is 3. The number of H-pyrrole nitrogens is 1. The van der Waals surface area contributed by atoms with Crippen LogP contribution in [0.15, 0.2) is 48.2 Å². The molecule has 1 aromatic carbocycles. The van der Waals surface area contributed by atoms with E-state index in [9.17, 15) is 9.59 Å². The second-order valence-electron chi connectivity index (χ2n) is 7.37. The first-order valence-electron chi connectivity index (χ1n) is 9.92. The second-order valence-corrected chi connectivity index (χ2v) is 7.37. The molecule has 160 valence electrons. The molecule has 6 N–H and O–H groups in total. The van der Waals surface area contributed by atoms with Crippen LogP contribution >= 0.6 is 0 Å². The molecule has 0 bridgehead atoms. The van der Waals surface area contributed by atoms with E-state index in [-0.39, 0.29) is 29.9 Å². The number of rotatable bonds is 8. The zero-order chi connectivity index (χ0) is 22.4. The number of fused-ring (bicyclic) bond motifs is 1. The van der Waals surface area contributed by atoms with Crippen LogP contribution in [-0.4, -0.2) is 45.6 Å². The number of carbonyl (C=O) groups excluding carboxylic acids is 2. The summed E-state index contributed by atoms with van der Waals surface area (Å²) >= 11 is 0. The van der Waals surface area contributed by atoms with Crippen LogP contribution < -0.4 is 16.0 Å². The van der Waals surface area contributed by atoms with Crippen molar-refractivity contribution in [2.24, 2.45) is 0 Å². The highest BCUT2D eigenvalue weighted by molar-refractivity contribution is 5.96. The van der Waals surface area contributed by atoms with Gasteiger partial charge in [-0.3, -0.25) is 14.9 Å². The van der Waals surface area contributed by atoms with Crippen molar-refractivity contribution in [3.8, 4) is 0 Å². The average molecular weight is 420 g/mol. The van der Waals surface area contributed by atoms with E-state index in [4.69, 9.17) is 5.41 Å². The van der Waals surface area contributed by atoms with Gasteiger partial charge in [0.05, 0.1) is 11.0 Å². The van der Waals surface area contributed by atoms with Crippen LogP contribution in [0.1, 0.15) is 40.6 Å². The molecule has 3 aromatic rings. The minimum absolute atomic E-state index is 0.0266. The number of hydrogen-bond donors (Lipinski definition) is 5. The van der Waals surface area contributed by atoms with Crippen molar-refractivity contribution >= 4 is 34.7 Å². The number of pyridine rings is 1. The third-order valence-electron chi connectivity index (χ3n) is 4.39. The molecule has 0 saturated carbocycles. The molecule has 31 heavy (non-hydrogen) atoms. The van der Waals surface area contributed by atoms with Gasteiger partial charge in [0.15, 0.2) is 0 Å². The lowest BCUT2D eigenvalue weighted by Crippen LogP contribution is -2.71. The zero-order valence-corrected chi connectivity index (χ0v) is 17.7. The molecule has 2 heterocycles. The number of nitrogens with one attached hydrogen (secondary N) is 4. The van der Waals surface area contributed by atoms with Crippen LogP contribution in [-0.2, 0) is 0 Å². The third-order valence-corrected chi connectivity index (χ3v) is 4.39. The molecule has 9 heteroatoms. The first kappa shape index (κ1) is 21.8. The van der Waals surface area contributed by atoms with E-state index in [1.165, 1.54) is 6.21 Å². The molecule has 0 radical (unpaired) electrons. The van der Waals surface area contributed by atoms with Gasteiger partial charge in [-0.1, -0.05) is 6.07 Å². The molecule has 0 aliphatic heterocycles. The summed E-state index contributed by atoms with van der Waals surface area (Å²) in [5.74, 6) is 0.106. The van der Waals surface area contributed by atoms with E-state index in [2.05, 4.69) is 25.6 Å². The van der Waals surface area contributed by atoms with Crippen molar-refractivity contribution in [2.45, 2.75) is 26.8 Å². The van der Waals surface area contributed by atoms with Gasteiger partial charge in [0.1, 0.15) is 29.1 Å². The quantitative estimate of drug-likeness (QED) is 0.279. The van der Waals surface area contributed by atoms with Crippen molar-refractivity contribution in [2.75, 3.05) is 6.54 Å². The molecule has 0 saturated heterocycles. The van der Waals surface area contributed by atoms with E-state index < -0.39 is 5.91 Å². The first-order chi connectivity index (χ1) is 14.9. The fourth-order valence-corrected chi connectivity index (χ4v) is 2.92. The maximum absolute atomic E-state index is 12.5. The molecule has 0 spiro atoms. The Bertz CT molecular complexity index is 1150. The standard InChI is InChI=1S/C22H25N7O2/c1-13(2)26-22(31)19-6-4-5-18(29-19)21(30)25-12-15(10-23)11-24-16-7-8-17-20(9-16)28-14(3)27-17/h4-11,13,23-24H,12H2,1-3H3,(H,25,30)(H,26,31)(H,27,28)/p+1/b15-11+,23-10?. The molecule has 0 unspecified atom stereocenters. The number of hydrogen-bond acceptors (Lipinski definition) is 5. The highest BCUT2D eigenvalue weighted by Crippen LogP contribution is 2.13. The summed E-state index contributed by atoms with van der Waals surface area (Å²) in [6.07, 6.45) is 2.97. The van der Waals surface area contributed by atoms with Crippen LogP contribution in [0.2, 0.25) is 0 Å². The number of nitrogens with two attached hydrogens (primary N) is 1. The highest BCUT2D eigenvalue weighted by Gasteiger charge is 2.13. The average Bonchev–Trinajstić information content (AvgIpc) is 3.12. The van der Waals surface area contributed by atoms with Crippen LogP contribution in [0.3, 0.4) is 0 Å². The fourth-order valence-electron chi connectivity index (χ4n) is 2.92. The largest absolute Gasteiger partial charge is 0.349 e. The lowest BCUT2D eigenvalue weighted by atomic mass is 10.2. The molecule has 2 aromatic heterocycles. The lowest BCUT2D eigenvalue weighted by molar-refractivity contribution is -0.496. The lowest BCUT2D eigenvalue weighted by Gasteiger charge is -2.09. The van der Waals surface area contributed by atoms with Crippen LogP contribution in [0, 0.1) is 12.3 Å². The number of aromatic amines is 1. The maximum atomic E-state index is 12.5. The summed E-state index contributed by atoms with van der Waals surface area (Å²) in [4.78, 5) is 36.3. The maximum Gasteiger partial charge on any atom is 0.270 e. The Kier molecular flexibility index (Phi) is 6.88. The molecule has 2 amide bonds. The Morgan fingerprint density at radius 3 is 2.61 bits per heavy atom. The fraction of sp³-hybridized carbons (Fsp3) is 0.227. The number of amides is 2. The van der Waals surface area contributed by atoms with Crippen molar-refractivity contribution in [3.05, 3.63) is 65.4 Å². The van der Waals surface area contributed by atoms with Crippen molar-refractivity contribution < 1.29 is 14.9 Å². The van der Waals surface area contributed by atoms with E-state index in [1.807, 2.05) is 44.3 Å². The monoisotopic (exact) mass is 420 g/mol. The van der Waals surface area contributed by atoms with Gasteiger partial charge < -0.3 is 21.0 Å². The van der Waals surface area contributed by atoms with Crippen molar-refractivity contribution in [3.63, 3.8) is 0 Å². The highest BCUT2D eigenvalue weighted by atomic mass is 16.2. The predicted molar refractivity (Wildman–Crippen MR) is 118 cm³/mol. The van der Waals surface area contributed by atoms with E-state index in [0.717, 1.165) is 22.5 Å². The molecular weight excluding hydrogens is 394 g/mol. The Morgan fingerprint density at radius 2 is 1.90 bits per heavy atom. The topological polar surface area (TPSA) is 140 Å². The van der Waals surface area contributed by atoms with Crippen molar-refractivity contribution in [1.29, 1.82) is 5.41 Å². The molecule has 0 atom stereocenters. The van der Waals surface area contributed by atoms with Gasteiger partial charge in [0.25, 0.3) is 11.8 Å². The van der Waals surface area contributed by atoms with E-state index in [0.29, 0.717) is 5.57 Å². The van der Waals surface area contributed by atoms with Gasteiger partial charge in [-0.15, -0.1) is 0 Å². The van der Waals surface area contributed by atoms with Gasteiger partial charge >= 0.3 is 0 Å². The van der Waals surface area contributed by atoms with Gasteiger partial charge in [-0.25, -0.2) is 9.97 Å². The van der Waals surface area contributed by atoms with Crippen LogP contribution in [0.5, 0.6) is 0 Å². The number of carbonyl (C=O) groups is 2. The summed E-state index contributed by atoms with van der Waals surface area (Å²) in [5, 5.41) is 15.0. The Balaban J connectivity index is 1.62. The number of nitrogens with zero attached hydrogens (tertiary/aromatic N) is 2. The Labute approximate surface area is 179 Å². The second kappa shape index (κ2) is 9.77. The minimum atomic E-state index is -0.415. The Morgan fingerprint density at radius 1 is 1.16 bits per heavy atom. The number of aryl methyl sites for hydroxylation is 1. The summed E-state index contributed by atoms with van der Waals surface area (Å²) in [7, 11) is 0. The van der Waals surface area contributed by atoms with Gasteiger partial charge in [0, 0.05) is 36.5 Å². The van der Waals surface area contributed by atoms with Crippen LogP contribution in [0.4, 0.5) is 5.69 Å². The minimum Gasteiger partial charge on any atom is -0.349 e. The van der Waals surface area contributed by atoms with E-state index in [1.54, 1.807) is 24.4 Å². The summed E-state index contributed by atoms with van der Waals surface area (Å²) in [5.41, 5.74) is 3.73. The summed E-state index contributed by atoms with van der Waals surface area (Å²) in [6, 6.07) is 10.5. The smallest absolute Gasteiger partial charge is 0.270 e. The number of imidazole rings is 1. The van der Waals surface area contributed by atoms with Crippen LogP contribution in [0.25, 0.3) is 11.0 Å². The normalized spacial score (nSPS) is 11.5. The number of benzene rings is 1. The predicted octanol–water partition coefficient (Wildman–Crippen LogP) is 1.56. The molecule has 3 rings (SSSR count). The molecule has 9 nitrogen and oxygen atoms in total. The summed E-state index contributed by atoms with van der Waals surface area (Å²) in [6.45, 7) is 5.77. The SMILES string of the molecule is Cc1nc2ccc([NH2+]/C=C(\C=N)CNC(=O)c3cccc(C(=O)NC(C)C)n3)cc2[nH]1.